The highest BCUT2D eigenvalue weighted by atomic mass is 16.4. The molecule has 1 saturated carbocycles. The molecule has 0 unspecified atom stereocenters. The lowest BCUT2D eigenvalue weighted by atomic mass is 10.3. The maximum Gasteiger partial charge on any atom is 0.307 e. The van der Waals surface area contributed by atoms with Crippen molar-refractivity contribution in [2.75, 3.05) is 33.2 Å². The molecule has 5 nitrogen and oxygen atoms in total. The SMILES string of the molecule is CN(CCN1CCCC1)C(=O)[C@@H]1C[C@@H]1C(=O)O. The van der Waals surface area contributed by atoms with Crippen LogP contribution in [0.3, 0.4) is 0 Å². The predicted octanol–water partition coefficient (Wildman–Crippen LogP) is 0.261. The predicted molar refractivity (Wildman–Crippen MR) is 62.5 cm³/mol. The molecule has 2 aliphatic rings. The molecule has 2 rings (SSSR count). The Kier molecular flexibility index (Phi) is 3.66. The molecule has 5 heteroatoms. The third kappa shape index (κ3) is 2.97. The fourth-order valence-electron chi connectivity index (χ4n) is 2.43. The molecule has 0 radical (unpaired) electrons. The second-order valence-corrected chi connectivity index (χ2v) is 5.10. The first-order chi connectivity index (χ1) is 8.09. The fourth-order valence-corrected chi connectivity index (χ4v) is 2.43. The summed E-state index contributed by atoms with van der Waals surface area (Å²) in [7, 11) is 1.77. The van der Waals surface area contributed by atoms with Gasteiger partial charge in [-0.15, -0.1) is 0 Å². The summed E-state index contributed by atoms with van der Waals surface area (Å²) < 4.78 is 0. The molecule has 96 valence electrons. The zero-order chi connectivity index (χ0) is 12.4. The van der Waals surface area contributed by atoms with Gasteiger partial charge in [0.25, 0.3) is 0 Å². The third-order valence-electron chi connectivity index (χ3n) is 3.75. The summed E-state index contributed by atoms with van der Waals surface area (Å²) in [6, 6.07) is 0. The summed E-state index contributed by atoms with van der Waals surface area (Å²) in [4.78, 5) is 26.6. The van der Waals surface area contributed by atoms with Crippen LogP contribution in [-0.4, -0.2) is 60.0 Å². The van der Waals surface area contributed by atoms with Gasteiger partial charge in [-0.1, -0.05) is 0 Å². The minimum atomic E-state index is -0.837. The monoisotopic (exact) mass is 240 g/mol. The van der Waals surface area contributed by atoms with E-state index in [-0.39, 0.29) is 11.8 Å². The van der Waals surface area contributed by atoms with Gasteiger partial charge in [-0.3, -0.25) is 9.59 Å². The van der Waals surface area contributed by atoms with Crippen molar-refractivity contribution in [1.82, 2.24) is 9.80 Å². The standard InChI is InChI=1S/C12H20N2O3/c1-13(6-7-14-4-2-3-5-14)11(15)9-8-10(9)12(16)17/h9-10H,2-8H2,1H3,(H,16,17)/t9-,10+/m1/s1. The Morgan fingerprint density at radius 1 is 1.29 bits per heavy atom. The van der Waals surface area contributed by atoms with Crippen LogP contribution in [0.2, 0.25) is 0 Å². The van der Waals surface area contributed by atoms with Crippen molar-refractivity contribution in [3.05, 3.63) is 0 Å². The molecule has 1 saturated heterocycles. The molecule has 0 spiro atoms. The largest absolute Gasteiger partial charge is 0.481 e. The normalized spacial score (nSPS) is 28.1. The first-order valence-corrected chi connectivity index (χ1v) is 6.29. The molecule has 1 aliphatic carbocycles. The summed E-state index contributed by atoms with van der Waals surface area (Å²) in [6.45, 7) is 3.88. The van der Waals surface area contributed by atoms with Gasteiger partial charge in [0, 0.05) is 20.1 Å². The number of rotatable bonds is 5. The number of hydrogen-bond acceptors (Lipinski definition) is 3. The second kappa shape index (κ2) is 5.04. The maximum absolute atomic E-state index is 11.9. The zero-order valence-corrected chi connectivity index (χ0v) is 10.3. The summed E-state index contributed by atoms with van der Waals surface area (Å²) in [5.41, 5.74) is 0. The highest BCUT2D eigenvalue weighted by Gasteiger charge is 2.49. The maximum atomic E-state index is 11.9. The molecule has 1 aliphatic heterocycles. The van der Waals surface area contributed by atoms with E-state index in [0.29, 0.717) is 13.0 Å². The topological polar surface area (TPSA) is 60.9 Å². The second-order valence-electron chi connectivity index (χ2n) is 5.10. The van der Waals surface area contributed by atoms with Crippen molar-refractivity contribution >= 4 is 11.9 Å². The molecule has 0 bridgehead atoms. The van der Waals surface area contributed by atoms with E-state index in [0.717, 1.165) is 19.6 Å². The lowest BCUT2D eigenvalue weighted by molar-refractivity contribution is -0.141. The Labute approximate surface area is 101 Å². The van der Waals surface area contributed by atoms with E-state index in [1.807, 2.05) is 0 Å². The molecule has 0 aromatic rings. The first kappa shape index (κ1) is 12.4. The van der Waals surface area contributed by atoms with Gasteiger partial charge in [-0.25, -0.2) is 0 Å². The highest BCUT2D eigenvalue weighted by Crippen LogP contribution is 2.39. The molecule has 1 heterocycles. The lowest BCUT2D eigenvalue weighted by Crippen LogP contribution is -2.36. The van der Waals surface area contributed by atoms with E-state index in [1.165, 1.54) is 12.8 Å². The van der Waals surface area contributed by atoms with Gasteiger partial charge in [-0.2, -0.15) is 0 Å². The molecular formula is C12H20N2O3. The van der Waals surface area contributed by atoms with E-state index >= 15 is 0 Å². The van der Waals surface area contributed by atoms with Crippen molar-refractivity contribution in [2.24, 2.45) is 11.8 Å². The number of carboxylic acid groups (broad SMARTS) is 1. The van der Waals surface area contributed by atoms with Crippen LogP contribution in [0.5, 0.6) is 0 Å². The Morgan fingerprint density at radius 3 is 2.47 bits per heavy atom. The van der Waals surface area contributed by atoms with Gasteiger partial charge in [-0.05, 0) is 32.4 Å². The summed E-state index contributed by atoms with van der Waals surface area (Å²) in [6.07, 6.45) is 3.02. The molecule has 0 aromatic heterocycles. The van der Waals surface area contributed by atoms with Crippen LogP contribution >= 0.6 is 0 Å². The number of nitrogens with zero attached hydrogens (tertiary/aromatic N) is 2. The number of amides is 1. The van der Waals surface area contributed by atoms with E-state index in [9.17, 15) is 9.59 Å². The number of likely N-dealkylation sites (N-methyl/N-ethyl adjacent to an activating group) is 1. The average molecular weight is 240 g/mol. The molecule has 1 N–H and O–H groups in total. The Bertz CT molecular complexity index is 313. The van der Waals surface area contributed by atoms with Crippen LogP contribution in [0.4, 0.5) is 0 Å². The van der Waals surface area contributed by atoms with Gasteiger partial charge >= 0.3 is 5.97 Å². The van der Waals surface area contributed by atoms with E-state index < -0.39 is 11.9 Å². The summed E-state index contributed by atoms with van der Waals surface area (Å²) >= 11 is 0. The number of carbonyl (C=O) groups excluding carboxylic acids is 1. The van der Waals surface area contributed by atoms with Crippen LogP contribution in [0.15, 0.2) is 0 Å². The Morgan fingerprint density at radius 2 is 1.94 bits per heavy atom. The van der Waals surface area contributed by atoms with Crippen molar-refractivity contribution in [3.63, 3.8) is 0 Å². The molecule has 1 amide bonds. The van der Waals surface area contributed by atoms with E-state index in [2.05, 4.69) is 4.90 Å². The van der Waals surface area contributed by atoms with Gasteiger partial charge in [0.15, 0.2) is 0 Å². The van der Waals surface area contributed by atoms with Gasteiger partial charge < -0.3 is 14.9 Å². The van der Waals surface area contributed by atoms with Crippen molar-refractivity contribution in [1.29, 1.82) is 0 Å². The van der Waals surface area contributed by atoms with Crippen molar-refractivity contribution < 1.29 is 14.7 Å². The first-order valence-electron chi connectivity index (χ1n) is 6.29. The molecule has 2 fully saturated rings. The highest BCUT2D eigenvalue weighted by molar-refractivity contribution is 5.89. The van der Waals surface area contributed by atoms with Crippen LogP contribution in [-0.2, 0) is 9.59 Å². The average Bonchev–Trinajstić information content (AvgIpc) is 2.94. The quantitative estimate of drug-likeness (QED) is 0.749. The molecule has 0 aromatic carbocycles. The Hall–Kier alpha value is -1.10. The number of hydrogen-bond donors (Lipinski definition) is 1. The summed E-state index contributed by atoms with van der Waals surface area (Å²) in [5, 5.41) is 8.78. The summed E-state index contributed by atoms with van der Waals surface area (Å²) in [5.74, 6) is -1.54. The number of likely N-dealkylation sites (tertiary alicyclic amines) is 1. The number of aliphatic carboxylic acids is 1. The van der Waals surface area contributed by atoms with E-state index in [1.54, 1.807) is 11.9 Å². The number of carbonyl (C=O) groups is 2. The minimum Gasteiger partial charge on any atom is -0.481 e. The minimum absolute atomic E-state index is 0.00315. The van der Waals surface area contributed by atoms with Gasteiger partial charge in [0.2, 0.25) is 5.91 Å². The third-order valence-corrected chi connectivity index (χ3v) is 3.75. The Balaban J connectivity index is 1.70. The lowest BCUT2D eigenvalue weighted by Gasteiger charge is -2.21. The molecular weight excluding hydrogens is 220 g/mol. The van der Waals surface area contributed by atoms with E-state index in [4.69, 9.17) is 5.11 Å². The van der Waals surface area contributed by atoms with Crippen molar-refractivity contribution in [3.8, 4) is 0 Å². The number of carboxylic acids is 1. The molecule has 2 atom stereocenters. The van der Waals surface area contributed by atoms with Crippen LogP contribution in [0, 0.1) is 11.8 Å². The molecule has 17 heavy (non-hydrogen) atoms. The van der Waals surface area contributed by atoms with Crippen LogP contribution < -0.4 is 0 Å². The van der Waals surface area contributed by atoms with Crippen LogP contribution in [0.25, 0.3) is 0 Å². The van der Waals surface area contributed by atoms with Gasteiger partial charge in [0.1, 0.15) is 0 Å². The van der Waals surface area contributed by atoms with Crippen molar-refractivity contribution in [2.45, 2.75) is 19.3 Å². The zero-order valence-electron chi connectivity index (χ0n) is 10.3. The van der Waals surface area contributed by atoms with Crippen LogP contribution in [0.1, 0.15) is 19.3 Å². The smallest absolute Gasteiger partial charge is 0.307 e. The van der Waals surface area contributed by atoms with Gasteiger partial charge in [0.05, 0.1) is 11.8 Å². The fraction of sp³-hybridized carbons (Fsp3) is 0.833.